The molecule has 0 radical (unpaired) electrons. The maximum atomic E-state index is 5.38. The lowest BCUT2D eigenvalue weighted by molar-refractivity contribution is 0.0327. The van der Waals surface area contributed by atoms with E-state index >= 15 is 0 Å². The first-order valence-corrected chi connectivity index (χ1v) is 6.93. The molecule has 2 aliphatic heterocycles. The molecule has 2 fully saturated rings. The highest BCUT2D eigenvalue weighted by molar-refractivity contribution is 4.85. The summed E-state index contributed by atoms with van der Waals surface area (Å²) in [5.41, 5.74) is 0.265. The average Bonchev–Trinajstić information content (AvgIpc) is 2.49. The van der Waals surface area contributed by atoms with Gasteiger partial charge in [0, 0.05) is 38.3 Å². The summed E-state index contributed by atoms with van der Waals surface area (Å²) in [5, 5.41) is 3.61. The molecular weight excluding hydrogens is 214 g/mol. The fourth-order valence-electron chi connectivity index (χ4n) is 2.72. The van der Waals surface area contributed by atoms with Gasteiger partial charge in [-0.1, -0.05) is 0 Å². The molecule has 2 saturated heterocycles. The molecule has 100 valence electrons. The van der Waals surface area contributed by atoms with Crippen molar-refractivity contribution in [2.75, 3.05) is 59.0 Å². The summed E-state index contributed by atoms with van der Waals surface area (Å²) < 4.78 is 5.38. The van der Waals surface area contributed by atoms with Crippen LogP contribution in [-0.4, -0.2) is 74.4 Å². The summed E-state index contributed by atoms with van der Waals surface area (Å²) in [6.07, 6.45) is 1.27. The van der Waals surface area contributed by atoms with E-state index < -0.39 is 0 Å². The van der Waals surface area contributed by atoms with Crippen molar-refractivity contribution in [3.63, 3.8) is 0 Å². The van der Waals surface area contributed by atoms with Gasteiger partial charge in [0.15, 0.2) is 0 Å². The Morgan fingerprint density at radius 3 is 2.53 bits per heavy atom. The summed E-state index contributed by atoms with van der Waals surface area (Å²) in [6, 6.07) is 0. The second kappa shape index (κ2) is 6.14. The van der Waals surface area contributed by atoms with E-state index in [0.29, 0.717) is 0 Å². The van der Waals surface area contributed by atoms with Crippen LogP contribution >= 0.6 is 0 Å². The van der Waals surface area contributed by atoms with Crippen LogP contribution in [0.3, 0.4) is 0 Å². The van der Waals surface area contributed by atoms with Gasteiger partial charge in [0.2, 0.25) is 0 Å². The van der Waals surface area contributed by atoms with Gasteiger partial charge in [0.1, 0.15) is 0 Å². The molecule has 0 aliphatic carbocycles. The predicted molar refractivity (Wildman–Crippen MR) is 70.4 cm³/mol. The summed E-state index contributed by atoms with van der Waals surface area (Å²) >= 11 is 0. The molecule has 2 aliphatic rings. The van der Waals surface area contributed by atoms with E-state index in [2.05, 4.69) is 29.0 Å². The maximum absolute atomic E-state index is 5.38. The minimum Gasteiger partial charge on any atom is -0.379 e. The third-order valence-electron chi connectivity index (χ3n) is 3.71. The van der Waals surface area contributed by atoms with E-state index in [0.717, 1.165) is 39.4 Å². The van der Waals surface area contributed by atoms with E-state index in [1.54, 1.807) is 0 Å². The Morgan fingerprint density at radius 1 is 1.06 bits per heavy atom. The summed E-state index contributed by atoms with van der Waals surface area (Å²) in [4.78, 5) is 5.13. The van der Waals surface area contributed by atoms with Crippen molar-refractivity contribution in [1.29, 1.82) is 0 Å². The van der Waals surface area contributed by atoms with Crippen LogP contribution in [0.1, 0.15) is 20.3 Å². The first kappa shape index (κ1) is 13.3. The quantitative estimate of drug-likeness (QED) is 0.774. The Labute approximate surface area is 105 Å². The smallest absolute Gasteiger partial charge is 0.0594 e. The van der Waals surface area contributed by atoms with Crippen molar-refractivity contribution in [1.82, 2.24) is 15.1 Å². The van der Waals surface area contributed by atoms with Gasteiger partial charge in [-0.05, 0) is 33.4 Å². The lowest BCUT2D eigenvalue weighted by atomic mass is 10.1. The lowest BCUT2D eigenvalue weighted by Crippen LogP contribution is -2.48. The van der Waals surface area contributed by atoms with Crippen LogP contribution in [0.25, 0.3) is 0 Å². The lowest BCUT2D eigenvalue weighted by Gasteiger charge is -2.33. The minimum atomic E-state index is 0.265. The topological polar surface area (TPSA) is 27.7 Å². The van der Waals surface area contributed by atoms with E-state index in [1.165, 1.54) is 26.1 Å². The Kier molecular flexibility index (Phi) is 4.79. The van der Waals surface area contributed by atoms with Gasteiger partial charge in [-0.15, -0.1) is 0 Å². The number of nitrogens with one attached hydrogen (secondary N) is 1. The average molecular weight is 241 g/mol. The van der Waals surface area contributed by atoms with Gasteiger partial charge in [-0.2, -0.15) is 0 Å². The molecule has 0 atom stereocenters. The number of ether oxygens (including phenoxy) is 1. The van der Waals surface area contributed by atoms with E-state index in [9.17, 15) is 0 Å². The van der Waals surface area contributed by atoms with Crippen LogP contribution in [0.4, 0.5) is 0 Å². The van der Waals surface area contributed by atoms with Crippen LogP contribution in [0, 0.1) is 0 Å². The van der Waals surface area contributed by atoms with Gasteiger partial charge >= 0.3 is 0 Å². The summed E-state index contributed by atoms with van der Waals surface area (Å²) in [5.74, 6) is 0. The van der Waals surface area contributed by atoms with Gasteiger partial charge in [0.25, 0.3) is 0 Å². The van der Waals surface area contributed by atoms with Crippen molar-refractivity contribution < 1.29 is 4.74 Å². The number of morpholine rings is 1. The SMILES string of the molecule is CC1(C)CN(CCN2CCOCC2)CCCN1. The predicted octanol–water partition coefficient (Wildman–Crippen LogP) is 0.393. The molecule has 17 heavy (non-hydrogen) atoms. The molecule has 0 amide bonds. The van der Waals surface area contributed by atoms with Crippen LogP contribution in [-0.2, 0) is 4.74 Å². The highest BCUT2D eigenvalue weighted by Gasteiger charge is 2.24. The molecule has 0 bridgehead atoms. The van der Waals surface area contributed by atoms with Crippen molar-refractivity contribution in [3.05, 3.63) is 0 Å². The van der Waals surface area contributed by atoms with Crippen molar-refractivity contribution in [3.8, 4) is 0 Å². The van der Waals surface area contributed by atoms with Gasteiger partial charge in [-0.3, -0.25) is 4.90 Å². The second-order valence-electron chi connectivity index (χ2n) is 5.89. The molecule has 4 heteroatoms. The van der Waals surface area contributed by atoms with Crippen molar-refractivity contribution >= 4 is 0 Å². The molecule has 0 aromatic heterocycles. The van der Waals surface area contributed by atoms with Gasteiger partial charge in [0.05, 0.1) is 13.2 Å². The second-order valence-corrected chi connectivity index (χ2v) is 5.89. The summed E-state index contributed by atoms with van der Waals surface area (Å²) in [7, 11) is 0. The van der Waals surface area contributed by atoms with E-state index in [-0.39, 0.29) is 5.54 Å². The third-order valence-corrected chi connectivity index (χ3v) is 3.71. The Morgan fingerprint density at radius 2 is 1.76 bits per heavy atom. The molecule has 2 heterocycles. The zero-order valence-corrected chi connectivity index (χ0v) is 11.4. The van der Waals surface area contributed by atoms with Crippen LogP contribution < -0.4 is 5.32 Å². The molecule has 4 nitrogen and oxygen atoms in total. The number of rotatable bonds is 3. The number of hydrogen-bond donors (Lipinski definition) is 1. The van der Waals surface area contributed by atoms with Crippen molar-refractivity contribution in [2.45, 2.75) is 25.8 Å². The normalized spacial score (nSPS) is 27.9. The van der Waals surface area contributed by atoms with E-state index in [4.69, 9.17) is 4.74 Å². The Bertz CT molecular complexity index is 227. The molecule has 0 unspecified atom stereocenters. The largest absolute Gasteiger partial charge is 0.379 e. The van der Waals surface area contributed by atoms with Crippen molar-refractivity contribution in [2.24, 2.45) is 0 Å². The molecule has 0 aromatic rings. The highest BCUT2D eigenvalue weighted by Crippen LogP contribution is 2.10. The Hall–Kier alpha value is -0.160. The number of hydrogen-bond acceptors (Lipinski definition) is 4. The first-order valence-electron chi connectivity index (χ1n) is 6.93. The zero-order chi connectivity index (χ0) is 12.1. The standard InChI is InChI=1S/C13H27N3O/c1-13(2)12-16(5-3-4-14-13)7-6-15-8-10-17-11-9-15/h14H,3-12H2,1-2H3. The monoisotopic (exact) mass is 241 g/mol. The van der Waals surface area contributed by atoms with Crippen LogP contribution in [0.5, 0.6) is 0 Å². The molecule has 1 N–H and O–H groups in total. The fourth-order valence-corrected chi connectivity index (χ4v) is 2.72. The number of nitrogens with zero attached hydrogens (tertiary/aromatic N) is 2. The zero-order valence-electron chi connectivity index (χ0n) is 11.4. The summed E-state index contributed by atoms with van der Waals surface area (Å²) in [6.45, 7) is 14.6. The van der Waals surface area contributed by atoms with Gasteiger partial charge in [-0.25, -0.2) is 0 Å². The maximum Gasteiger partial charge on any atom is 0.0594 e. The minimum absolute atomic E-state index is 0.265. The van der Waals surface area contributed by atoms with Gasteiger partial charge < -0.3 is 15.0 Å². The molecule has 2 rings (SSSR count). The fraction of sp³-hybridized carbons (Fsp3) is 1.00. The van der Waals surface area contributed by atoms with Crippen LogP contribution in [0.2, 0.25) is 0 Å². The molecule has 0 saturated carbocycles. The molecule has 0 aromatic carbocycles. The van der Waals surface area contributed by atoms with E-state index in [1.807, 2.05) is 0 Å². The molecule has 0 spiro atoms. The Balaban J connectivity index is 1.73. The highest BCUT2D eigenvalue weighted by atomic mass is 16.5. The molecular formula is C13H27N3O. The van der Waals surface area contributed by atoms with Crippen LogP contribution in [0.15, 0.2) is 0 Å². The first-order chi connectivity index (χ1) is 8.16. The third kappa shape index (κ3) is 4.54.